The highest BCUT2D eigenvalue weighted by molar-refractivity contribution is 7.93. The molecule has 0 radical (unpaired) electrons. The summed E-state index contributed by atoms with van der Waals surface area (Å²) in [5, 5.41) is 0. The van der Waals surface area contributed by atoms with Crippen molar-refractivity contribution in [1.82, 2.24) is 4.90 Å². The predicted octanol–water partition coefficient (Wildman–Crippen LogP) is 0.872. The number of primary amides is 1. The lowest BCUT2D eigenvalue weighted by Crippen LogP contribution is -2.41. The van der Waals surface area contributed by atoms with E-state index in [9.17, 15) is 18.0 Å². The normalized spacial score (nSPS) is 20.7. The summed E-state index contributed by atoms with van der Waals surface area (Å²) in [6.07, 6.45) is 1.80. The summed E-state index contributed by atoms with van der Waals surface area (Å²) in [4.78, 5) is 25.7. The molecular formula is C17H23N3O4S. The number of piperidine rings is 1. The number of nitrogens with zero attached hydrogens (tertiary/aromatic N) is 2. The second-order valence-corrected chi connectivity index (χ2v) is 8.72. The van der Waals surface area contributed by atoms with Gasteiger partial charge in [-0.15, -0.1) is 0 Å². The summed E-state index contributed by atoms with van der Waals surface area (Å²) in [7, 11) is -3.23. The Kier molecular flexibility index (Phi) is 4.73. The van der Waals surface area contributed by atoms with Crippen LogP contribution in [0.2, 0.25) is 0 Å². The van der Waals surface area contributed by atoms with Crippen LogP contribution in [0.5, 0.6) is 0 Å². The predicted molar refractivity (Wildman–Crippen MR) is 94.8 cm³/mol. The molecule has 2 N–H and O–H groups in total. The van der Waals surface area contributed by atoms with Gasteiger partial charge >= 0.3 is 0 Å². The fourth-order valence-corrected chi connectivity index (χ4v) is 5.07. The molecule has 8 heteroatoms. The lowest BCUT2D eigenvalue weighted by atomic mass is 9.95. The third kappa shape index (κ3) is 3.49. The number of benzene rings is 1. The third-order valence-corrected chi connectivity index (χ3v) is 6.88. The molecular weight excluding hydrogens is 342 g/mol. The first-order chi connectivity index (χ1) is 11.8. The molecule has 0 aromatic heterocycles. The van der Waals surface area contributed by atoms with Gasteiger partial charge in [-0.05, 0) is 49.9 Å². The minimum atomic E-state index is -3.23. The maximum atomic E-state index is 12.7. The Morgan fingerprint density at radius 1 is 1.16 bits per heavy atom. The Morgan fingerprint density at radius 3 is 2.36 bits per heavy atom. The average molecular weight is 365 g/mol. The van der Waals surface area contributed by atoms with Gasteiger partial charge in [-0.1, -0.05) is 0 Å². The van der Waals surface area contributed by atoms with Crippen LogP contribution in [0, 0.1) is 12.8 Å². The number of sulfonamides is 1. The first-order valence-electron chi connectivity index (χ1n) is 8.49. The number of hydrogen-bond donors (Lipinski definition) is 1. The molecule has 2 saturated heterocycles. The van der Waals surface area contributed by atoms with Crippen LogP contribution in [0.4, 0.5) is 5.69 Å². The van der Waals surface area contributed by atoms with Crippen molar-refractivity contribution in [1.29, 1.82) is 0 Å². The van der Waals surface area contributed by atoms with E-state index in [1.165, 1.54) is 4.31 Å². The van der Waals surface area contributed by atoms with Gasteiger partial charge < -0.3 is 10.6 Å². The lowest BCUT2D eigenvalue weighted by Gasteiger charge is -2.31. The van der Waals surface area contributed by atoms with Gasteiger partial charge in [0.1, 0.15) is 0 Å². The van der Waals surface area contributed by atoms with Gasteiger partial charge in [0.2, 0.25) is 15.9 Å². The Bertz CT molecular complexity index is 798. The van der Waals surface area contributed by atoms with E-state index < -0.39 is 10.0 Å². The van der Waals surface area contributed by atoms with E-state index in [0.29, 0.717) is 50.1 Å². The number of nitrogens with two attached hydrogens (primary N) is 1. The number of likely N-dealkylation sites (tertiary alicyclic amines) is 1. The van der Waals surface area contributed by atoms with Crippen LogP contribution in [0.25, 0.3) is 0 Å². The monoisotopic (exact) mass is 365 g/mol. The molecule has 0 spiro atoms. The highest BCUT2D eigenvalue weighted by atomic mass is 32.2. The van der Waals surface area contributed by atoms with Gasteiger partial charge in [-0.2, -0.15) is 0 Å². The Labute approximate surface area is 147 Å². The van der Waals surface area contributed by atoms with Crippen LogP contribution in [-0.4, -0.2) is 50.5 Å². The maximum absolute atomic E-state index is 12.7. The second-order valence-electron chi connectivity index (χ2n) is 6.71. The van der Waals surface area contributed by atoms with Crippen molar-refractivity contribution < 1.29 is 18.0 Å². The van der Waals surface area contributed by atoms with Crippen LogP contribution in [-0.2, 0) is 14.8 Å². The number of rotatable bonds is 3. The van der Waals surface area contributed by atoms with Gasteiger partial charge in [-0.25, -0.2) is 8.42 Å². The van der Waals surface area contributed by atoms with Crippen molar-refractivity contribution in [2.75, 3.05) is 29.7 Å². The van der Waals surface area contributed by atoms with Gasteiger partial charge in [0, 0.05) is 31.1 Å². The summed E-state index contributed by atoms with van der Waals surface area (Å²) in [5.74, 6) is -0.384. The van der Waals surface area contributed by atoms with Crippen LogP contribution < -0.4 is 10.0 Å². The molecule has 2 aliphatic heterocycles. The summed E-state index contributed by atoms with van der Waals surface area (Å²) in [6.45, 7) is 3.31. The van der Waals surface area contributed by atoms with Crippen molar-refractivity contribution in [3.8, 4) is 0 Å². The molecule has 0 bridgehead atoms. The first kappa shape index (κ1) is 17.7. The molecule has 2 aliphatic rings. The molecule has 3 rings (SSSR count). The quantitative estimate of drug-likeness (QED) is 0.859. The van der Waals surface area contributed by atoms with E-state index in [2.05, 4.69) is 0 Å². The van der Waals surface area contributed by atoms with Crippen molar-refractivity contribution in [2.24, 2.45) is 11.7 Å². The van der Waals surface area contributed by atoms with Gasteiger partial charge in [0.05, 0.1) is 11.4 Å². The third-order valence-electron chi connectivity index (χ3n) is 5.01. The van der Waals surface area contributed by atoms with Crippen molar-refractivity contribution in [2.45, 2.75) is 26.2 Å². The number of anilines is 1. The van der Waals surface area contributed by atoms with E-state index in [1.807, 2.05) is 6.92 Å². The van der Waals surface area contributed by atoms with E-state index in [0.717, 1.165) is 5.56 Å². The van der Waals surface area contributed by atoms with E-state index >= 15 is 0 Å². The fraction of sp³-hybridized carbons (Fsp3) is 0.529. The maximum Gasteiger partial charge on any atom is 0.254 e. The Balaban J connectivity index is 1.75. The van der Waals surface area contributed by atoms with Crippen molar-refractivity contribution in [3.63, 3.8) is 0 Å². The molecule has 7 nitrogen and oxygen atoms in total. The van der Waals surface area contributed by atoms with Crippen molar-refractivity contribution in [3.05, 3.63) is 29.3 Å². The highest BCUT2D eigenvalue weighted by Gasteiger charge is 2.30. The Hall–Kier alpha value is -2.09. The van der Waals surface area contributed by atoms with E-state index in [-0.39, 0.29) is 23.5 Å². The molecule has 136 valence electrons. The number of aryl methyl sites for hydroxylation is 1. The van der Waals surface area contributed by atoms with E-state index in [1.54, 1.807) is 23.1 Å². The summed E-state index contributed by atoms with van der Waals surface area (Å²) >= 11 is 0. The standard InChI is InChI=1S/C17H23N3O4S/c1-12-11-14(20-7-2-10-25(20,23)24)3-4-15(12)17(22)19-8-5-13(6-9-19)16(18)21/h3-4,11,13H,2,5-10H2,1H3,(H2,18,21). The van der Waals surface area contributed by atoms with Crippen LogP contribution in [0.15, 0.2) is 18.2 Å². The number of amides is 2. The fourth-order valence-electron chi connectivity index (χ4n) is 3.51. The minimum absolute atomic E-state index is 0.0868. The van der Waals surface area contributed by atoms with Gasteiger partial charge in [0.15, 0.2) is 0 Å². The molecule has 25 heavy (non-hydrogen) atoms. The van der Waals surface area contributed by atoms with Crippen LogP contribution in [0.1, 0.15) is 35.2 Å². The largest absolute Gasteiger partial charge is 0.369 e. The molecule has 2 fully saturated rings. The minimum Gasteiger partial charge on any atom is -0.369 e. The molecule has 0 saturated carbocycles. The molecule has 0 aliphatic carbocycles. The summed E-state index contributed by atoms with van der Waals surface area (Å²) < 4.78 is 25.5. The van der Waals surface area contributed by atoms with Gasteiger partial charge in [0.25, 0.3) is 5.91 Å². The number of carbonyl (C=O) groups is 2. The Morgan fingerprint density at radius 2 is 1.84 bits per heavy atom. The SMILES string of the molecule is Cc1cc(N2CCCS2(=O)=O)ccc1C(=O)N1CCC(C(N)=O)CC1. The summed E-state index contributed by atoms with van der Waals surface area (Å²) in [5.41, 5.74) is 7.26. The topological polar surface area (TPSA) is 101 Å². The lowest BCUT2D eigenvalue weighted by molar-refractivity contribution is -0.123. The second kappa shape index (κ2) is 6.67. The molecule has 1 aromatic carbocycles. The van der Waals surface area contributed by atoms with Crippen LogP contribution in [0.3, 0.4) is 0 Å². The smallest absolute Gasteiger partial charge is 0.254 e. The average Bonchev–Trinajstić information content (AvgIpc) is 2.93. The molecule has 1 aromatic rings. The zero-order valence-electron chi connectivity index (χ0n) is 14.3. The number of hydrogen-bond acceptors (Lipinski definition) is 4. The molecule has 2 heterocycles. The zero-order chi connectivity index (χ0) is 18.2. The number of carbonyl (C=O) groups excluding carboxylic acids is 2. The van der Waals surface area contributed by atoms with Crippen LogP contribution >= 0.6 is 0 Å². The highest BCUT2D eigenvalue weighted by Crippen LogP contribution is 2.27. The molecule has 0 unspecified atom stereocenters. The summed E-state index contributed by atoms with van der Waals surface area (Å²) in [6, 6.07) is 5.15. The molecule has 2 amide bonds. The zero-order valence-corrected chi connectivity index (χ0v) is 15.1. The van der Waals surface area contributed by atoms with Gasteiger partial charge in [-0.3, -0.25) is 13.9 Å². The van der Waals surface area contributed by atoms with Crippen molar-refractivity contribution >= 4 is 27.5 Å². The first-order valence-corrected chi connectivity index (χ1v) is 10.1. The molecule has 0 atom stereocenters. The van der Waals surface area contributed by atoms with E-state index in [4.69, 9.17) is 5.73 Å².